The summed E-state index contributed by atoms with van der Waals surface area (Å²) in [5.41, 5.74) is 0.700. The Morgan fingerprint density at radius 2 is 1.47 bits per heavy atom. The second-order valence-corrected chi connectivity index (χ2v) is 19.2. The highest BCUT2D eigenvalue weighted by atomic mass is 32.2. The molecule has 5 atom stereocenters. The lowest BCUT2D eigenvalue weighted by molar-refractivity contribution is -0.118. The maximum absolute atomic E-state index is 14.2. The van der Waals surface area contributed by atoms with Crippen LogP contribution in [0.1, 0.15) is 62.6 Å². The van der Waals surface area contributed by atoms with Crippen molar-refractivity contribution in [2.24, 2.45) is 5.41 Å². The van der Waals surface area contributed by atoms with Crippen molar-refractivity contribution in [3.05, 3.63) is 144 Å². The number of carbonyl (C=O) groups is 1. The average molecular weight is 911 g/mol. The number of fused-ring (bicyclic) bond motifs is 1. The van der Waals surface area contributed by atoms with Gasteiger partial charge in [0.25, 0.3) is 0 Å². The molecule has 4 aromatic carbocycles. The van der Waals surface area contributed by atoms with E-state index in [4.69, 9.17) is 33.2 Å². The number of ether oxygens (including phenoxy) is 3. The number of aromatic nitrogens is 4. The van der Waals surface area contributed by atoms with Crippen LogP contribution in [0, 0.1) is 5.41 Å². The van der Waals surface area contributed by atoms with Gasteiger partial charge in [-0.2, -0.15) is 0 Å². The Morgan fingerprint density at radius 3 is 2.06 bits per heavy atom. The van der Waals surface area contributed by atoms with Crippen molar-refractivity contribution in [1.29, 1.82) is 0 Å². The summed E-state index contributed by atoms with van der Waals surface area (Å²) >= 11 is 1.11. The Kier molecular flexibility index (Phi) is 14.6. The van der Waals surface area contributed by atoms with Crippen LogP contribution in [0.25, 0.3) is 11.2 Å². The molecule has 0 bridgehead atoms. The standard InChI is InChI=1S/C47H55N6O9PS/c1-7-45(2,3)44(55)64-27-26-60-63(57,51-28-32-14-10-8-11-15-32)61-29-38-40(54)46(4,56)43(62-38)53-31-50-39-41(48-30-49-42(39)53)52-47(33-16-12-9-13-17-33,34-18-22-36(58-5)23-19-34)35-20-24-37(59-6)25-21-35/h8-25,30-31,38,40,43,54,56H,7,26-29H2,1-6H3,(H,51,57)(H,48,49,52)/t38-,40?,43-,46+,63?/m1/s1. The molecule has 1 aliphatic heterocycles. The maximum Gasteiger partial charge on any atom is 0.405 e. The molecule has 3 heterocycles. The van der Waals surface area contributed by atoms with E-state index in [9.17, 15) is 19.6 Å². The Hall–Kier alpha value is -5.16. The number of carbonyl (C=O) groups excluding carboxylic acids is 1. The van der Waals surface area contributed by atoms with Crippen molar-refractivity contribution < 1.29 is 42.8 Å². The number of hydrogen-bond acceptors (Lipinski definition) is 14. The van der Waals surface area contributed by atoms with Gasteiger partial charge in [0.05, 0.1) is 33.8 Å². The summed E-state index contributed by atoms with van der Waals surface area (Å²) in [5.74, 6) is 2.01. The first-order chi connectivity index (χ1) is 30.7. The number of nitrogens with zero attached hydrogens (tertiary/aromatic N) is 4. The number of aliphatic hydroxyl groups excluding tert-OH is 1. The predicted octanol–water partition coefficient (Wildman–Crippen LogP) is 7.88. The van der Waals surface area contributed by atoms with E-state index in [0.29, 0.717) is 34.9 Å². The van der Waals surface area contributed by atoms with Crippen LogP contribution < -0.4 is 19.9 Å². The fourth-order valence-electron chi connectivity index (χ4n) is 7.47. The molecule has 0 aliphatic carbocycles. The molecule has 0 saturated carbocycles. The van der Waals surface area contributed by atoms with Gasteiger partial charge in [-0.1, -0.05) is 117 Å². The molecular formula is C47H55N6O9PS. The quantitative estimate of drug-likeness (QED) is 0.0329. The van der Waals surface area contributed by atoms with E-state index in [2.05, 4.69) is 15.4 Å². The van der Waals surface area contributed by atoms with E-state index < -0.39 is 49.3 Å². The summed E-state index contributed by atoms with van der Waals surface area (Å²) < 4.78 is 44.9. The number of hydrogen-bond donors (Lipinski definition) is 4. The van der Waals surface area contributed by atoms with Gasteiger partial charge in [-0.3, -0.25) is 18.4 Å². The number of rotatable bonds is 20. The van der Waals surface area contributed by atoms with Crippen LogP contribution in [0.4, 0.5) is 5.82 Å². The van der Waals surface area contributed by atoms with E-state index in [0.717, 1.165) is 34.0 Å². The summed E-state index contributed by atoms with van der Waals surface area (Å²) in [6.07, 6.45) is -0.339. The van der Waals surface area contributed by atoms with Crippen LogP contribution in [0.2, 0.25) is 0 Å². The van der Waals surface area contributed by atoms with Crippen molar-refractivity contribution in [3.63, 3.8) is 0 Å². The minimum atomic E-state index is -4.05. The summed E-state index contributed by atoms with van der Waals surface area (Å²) in [7, 11) is -0.816. The molecule has 0 spiro atoms. The second-order valence-electron chi connectivity index (χ2n) is 16.3. The minimum Gasteiger partial charge on any atom is -0.497 e. The van der Waals surface area contributed by atoms with Crippen molar-refractivity contribution in [1.82, 2.24) is 24.6 Å². The first-order valence-corrected chi connectivity index (χ1v) is 23.5. The third-order valence-electron chi connectivity index (χ3n) is 11.7. The summed E-state index contributed by atoms with van der Waals surface area (Å²) in [5, 5.41) is 30.1. The maximum atomic E-state index is 14.2. The van der Waals surface area contributed by atoms with Gasteiger partial charge in [-0.25, -0.2) is 24.6 Å². The summed E-state index contributed by atoms with van der Waals surface area (Å²) in [4.78, 5) is 26.8. The van der Waals surface area contributed by atoms with E-state index in [1.807, 2.05) is 130 Å². The van der Waals surface area contributed by atoms with Crippen LogP contribution in [0.5, 0.6) is 11.5 Å². The lowest BCUT2D eigenvalue weighted by Gasteiger charge is -2.37. The average Bonchev–Trinajstić information content (AvgIpc) is 3.85. The zero-order chi connectivity index (χ0) is 45.5. The molecule has 0 radical (unpaired) electrons. The molecule has 0 amide bonds. The number of aliphatic hydroxyl groups is 2. The second kappa shape index (κ2) is 19.9. The van der Waals surface area contributed by atoms with Crippen molar-refractivity contribution in [3.8, 4) is 11.5 Å². The van der Waals surface area contributed by atoms with Crippen LogP contribution in [0.3, 0.4) is 0 Å². The molecule has 1 fully saturated rings. The van der Waals surface area contributed by atoms with E-state index in [1.54, 1.807) is 14.2 Å². The van der Waals surface area contributed by atoms with Gasteiger partial charge in [0.1, 0.15) is 41.2 Å². The molecular weight excluding hydrogens is 856 g/mol. The van der Waals surface area contributed by atoms with Crippen LogP contribution >= 0.6 is 19.5 Å². The van der Waals surface area contributed by atoms with Gasteiger partial charge in [-0.15, -0.1) is 0 Å². The molecule has 2 unspecified atom stereocenters. The lowest BCUT2D eigenvalue weighted by Crippen LogP contribution is -2.44. The molecule has 1 saturated heterocycles. The fraction of sp³-hybridized carbons (Fsp3) is 0.362. The van der Waals surface area contributed by atoms with E-state index >= 15 is 0 Å². The molecule has 17 heteroatoms. The van der Waals surface area contributed by atoms with Gasteiger partial charge in [0.2, 0.25) is 0 Å². The van der Waals surface area contributed by atoms with Crippen molar-refractivity contribution in [2.45, 2.75) is 70.2 Å². The van der Waals surface area contributed by atoms with Gasteiger partial charge in [0, 0.05) is 17.7 Å². The molecule has 338 valence electrons. The number of methoxy groups -OCH3 is 2. The molecule has 64 heavy (non-hydrogen) atoms. The zero-order valence-corrected chi connectivity index (χ0v) is 38.4. The van der Waals surface area contributed by atoms with Gasteiger partial charge in [0.15, 0.2) is 28.3 Å². The number of nitrogens with one attached hydrogen (secondary N) is 2. The molecule has 7 rings (SSSR count). The smallest absolute Gasteiger partial charge is 0.405 e. The van der Waals surface area contributed by atoms with Gasteiger partial charge in [-0.05, 0) is 59.9 Å². The van der Waals surface area contributed by atoms with Crippen molar-refractivity contribution >= 4 is 41.6 Å². The number of thioether (sulfide) groups is 1. The summed E-state index contributed by atoms with van der Waals surface area (Å²) in [6, 6.07) is 34.8. The number of benzene rings is 4. The largest absolute Gasteiger partial charge is 0.497 e. The normalized spacial score (nSPS) is 19.9. The number of imidazole rings is 1. The SMILES string of the molecule is CCC(C)(C)C(=O)SCCOP(=O)(NCc1ccccc1)OC[C@H]1O[C@@H](n2cnc3c(NC(c4ccccc4)(c4ccc(OC)cc4)c4ccc(OC)cc4)ncnc32)[C@@](C)(O)C1O. The van der Waals surface area contributed by atoms with Crippen LogP contribution in [-0.4, -0.2) is 85.8 Å². The molecule has 15 nitrogen and oxygen atoms in total. The minimum absolute atomic E-state index is 0.00698. The molecule has 4 N–H and O–H groups in total. The molecule has 6 aromatic rings. The molecule has 2 aromatic heterocycles. The number of anilines is 1. The van der Waals surface area contributed by atoms with Crippen molar-refractivity contribution in [2.75, 3.05) is 38.5 Å². The lowest BCUT2D eigenvalue weighted by atomic mass is 9.77. The Morgan fingerprint density at radius 1 is 0.875 bits per heavy atom. The van der Waals surface area contributed by atoms with Crippen LogP contribution in [-0.2, 0) is 35.2 Å². The third-order valence-corrected chi connectivity index (χ3v) is 14.4. The fourth-order valence-corrected chi connectivity index (χ4v) is 9.79. The Bertz CT molecular complexity index is 2480. The first-order valence-electron chi connectivity index (χ1n) is 21.0. The highest BCUT2D eigenvalue weighted by molar-refractivity contribution is 8.13. The predicted molar refractivity (Wildman–Crippen MR) is 246 cm³/mol. The van der Waals surface area contributed by atoms with Crippen LogP contribution in [0.15, 0.2) is 122 Å². The van der Waals surface area contributed by atoms with E-state index in [1.165, 1.54) is 24.1 Å². The highest BCUT2D eigenvalue weighted by Gasteiger charge is 2.54. The van der Waals surface area contributed by atoms with Gasteiger partial charge < -0.3 is 29.7 Å². The first kappa shape index (κ1) is 46.8. The monoisotopic (exact) mass is 910 g/mol. The van der Waals surface area contributed by atoms with E-state index in [-0.39, 0.29) is 24.0 Å². The highest BCUT2D eigenvalue weighted by Crippen LogP contribution is 2.48. The zero-order valence-electron chi connectivity index (χ0n) is 36.7. The molecule has 1 aliphatic rings. The Balaban J connectivity index is 1.17. The summed E-state index contributed by atoms with van der Waals surface area (Å²) in [6.45, 7) is 6.85. The Labute approximate surface area is 377 Å². The topological polar surface area (TPSA) is 188 Å². The van der Waals surface area contributed by atoms with Gasteiger partial charge >= 0.3 is 7.75 Å². The third kappa shape index (κ3) is 9.89.